The summed E-state index contributed by atoms with van der Waals surface area (Å²) in [6, 6.07) is 7.28. The van der Waals surface area contributed by atoms with Crippen LogP contribution in [0.2, 0.25) is 0 Å². The predicted octanol–water partition coefficient (Wildman–Crippen LogP) is 2.03. The summed E-state index contributed by atoms with van der Waals surface area (Å²) in [5.41, 5.74) is 0.805. The first-order chi connectivity index (χ1) is 9.69. The van der Waals surface area contributed by atoms with Gasteiger partial charge >= 0.3 is 0 Å². The van der Waals surface area contributed by atoms with Crippen LogP contribution < -0.4 is 10.1 Å². The Morgan fingerprint density at radius 2 is 2.15 bits per heavy atom. The van der Waals surface area contributed by atoms with Crippen LogP contribution in [0.15, 0.2) is 35.1 Å². The topological polar surface area (TPSA) is 77.2 Å². The second-order valence-electron chi connectivity index (χ2n) is 4.43. The predicted molar refractivity (Wildman–Crippen MR) is 73.1 cm³/mol. The molecule has 106 valence electrons. The number of nitrogens with one attached hydrogen (secondary N) is 1. The van der Waals surface area contributed by atoms with Crippen LogP contribution in [0.5, 0.6) is 5.75 Å². The number of amides is 1. The smallest absolute Gasteiger partial charge is 0.258 e. The summed E-state index contributed by atoms with van der Waals surface area (Å²) in [6.07, 6.45) is 2.17. The highest BCUT2D eigenvalue weighted by Crippen LogP contribution is 2.19. The minimum atomic E-state index is -0.125. The van der Waals surface area contributed by atoms with Crippen LogP contribution in [0.25, 0.3) is 11.5 Å². The van der Waals surface area contributed by atoms with Crippen molar-refractivity contribution >= 4 is 5.91 Å². The highest BCUT2D eigenvalue weighted by molar-refractivity contribution is 5.77. The van der Waals surface area contributed by atoms with E-state index in [0.29, 0.717) is 11.6 Å². The van der Waals surface area contributed by atoms with E-state index in [2.05, 4.69) is 15.5 Å². The highest BCUT2D eigenvalue weighted by atomic mass is 16.5. The fourth-order valence-electron chi connectivity index (χ4n) is 1.56. The quantitative estimate of drug-likeness (QED) is 0.872. The summed E-state index contributed by atoms with van der Waals surface area (Å²) in [5.74, 6) is 0.943. The zero-order valence-corrected chi connectivity index (χ0v) is 11.5. The molecule has 0 unspecified atom stereocenters. The molecule has 0 saturated carbocycles. The number of carbonyl (C=O) groups is 1. The van der Waals surface area contributed by atoms with Crippen molar-refractivity contribution < 1.29 is 13.9 Å². The van der Waals surface area contributed by atoms with Crippen molar-refractivity contribution in [2.45, 2.75) is 26.3 Å². The van der Waals surface area contributed by atoms with E-state index < -0.39 is 0 Å². The van der Waals surface area contributed by atoms with E-state index in [4.69, 9.17) is 9.15 Å². The minimum Gasteiger partial charge on any atom is -0.484 e. The lowest BCUT2D eigenvalue weighted by atomic mass is 10.2. The van der Waals surface area contributed by atoms with E-state index >= 15 is 0 Å². The van der Waals surface area contributed by atoms with Crippen LogP contribution in [0.4, 0.5) is 0 Å². The van der Waals surface area contributed by atoms with E-state index in [9.17, 15) is 4.79 Å². The molecule has 0 spiro atoms. The molecule has 0 bridgehead atoms. The molecule has 1 aromatic carbocycles. The molecule has 0 aliphatic rings. The number of hydrogen-bond donors (Lipinski definition) is 1. The summed E-state index contributed by atoms with van der Waals surface area (Å²) in [5, 5.41) is 10.3. The lowest BCUT2D eigenvalue weighted by molar-refractivity contribution is -0.123. The number of ether oxygens (including phenoxy) is 1. The van der Waals surface area contributed by atoms with Crippen molar-refractivity contribution in [1.29, 1.82) is 0 Å². The van der Waals surface area contributed by atoms with Gasteiger partial charge in [0, 0.05) is 11.6 Å². The Hall–Kier alpha value is -2.37. The Kier molecular flexibility index (Phi) is 4.70. The number of benzene rings is 1. The van der Waals surface area contributed by atoms with Crippen LogP contribution in [0.3, 0.4) is 0 Å². The number of nitrogens with zero attached hydrogens (tertiary/aromatic N) is 2. The maximum Gasteiger partial charge on any atom is 0.258 e. The van der Waals surface area contributed by atoms with Gasteiger partial charge in [0.15, 0.2) is 6.61 Å². The van der Waals surface area contributed by atoms with Crippen molar-refractivity contribution in [3.63, 3.8) is 0 Å². The zero-order chi connectivity index (χ0) is 14.4. The summed E-state index contributed by atoms with van der Waals surface area (Å²) in [4.78, 5) is 11.6. The standard InChI is InChI=1S/C14H17N3O3/c1-3-10(2)16-13(18)8-19-12-6-4-11(5-7-12)14-17-15-9-20-14/h4-7,9-10H,3,8H2,1-2H3,(H,16,18)/t10-/m0/s1. The number of aromatic nitrogens is 2. The van der Waals surface area contributed by atoms with Gasteiger partial charge in [-0.2, -0.15) is 0 Å². The Labute approximate surface area is 117 Å². The van der Waals surface area contributed by atoms with Crippen LogP contribution in [0, 0.1) is 0 Å². The van der Waals surface area contributed by atoms with Crippen LogP contribution in [-0.2, 0) is 4.79 Å². The monoisotopic (exact) mass is 275 g/mol. The van der Waals surface area contributed by atoms with E-state index in [1.807, 2.05) is 13.8 Å². The van der Waals surface area contributed by atoms with E-state index in [1.54, 1.807) is 24.3 Å². The second-order valence-corrected chi connectivity index (χ2v) is 4.43. The van der Waals surface area contributed by atoms with Gasteiger partial charge < -0.3 is 14.5 Å². The normalized spacial score (nSPS) is 11.9. The van der Waals surface area contributed by atoms with Gasteiger partial charge in [-0.05, 0) is 37.6 Å². The molecular weight excluding hydrogens is 258 g/mol. The molecule has 1 N–H and O–H groups in total. The maximum absolute atomic E-state index is 11.6. The molecule has 0 fully saturated rings. The number of hydrogen-bond acceptors (Lipinski definition) is 5. The first kappa shape index (κ1) is 14.0. The fraction of sp³-hybridized carbons (Fsp3) is 0.357. The van der Waals surface area contributed by atoms with Gasteiger partial charge in [0.2, 0.25) is 12.3 Å². The van der Waals surface area contributed by atoms with Gasteiger partial charge in [-0.3, -0.25) is 4.79 Å². The van der Waals surface area contributed by atoms with Gasteiger partial charge in [0.05, 0.1) is 0 Å². The molecule has 0 radical (unpaired) electrons. The molecule has 0 aliphatic heterocycles. The zero-order valence-electron chi connectivity index (χ0n) is 11.5. The summed E-state index contributed by atoms with van der Waals surface area (Å²) in [7, 11) is 0. The van der Waals surface area contributed by atoms with Crippen molar-refractivity contribution in [2.75, 3.05) is 6.61 Å². The summed E-state index contributed by atoms with van der Waals surface area (Å²) in [6.45, 7) is 3.98. The first-order valence-corrected chi connectivity index (χ1v) is 6.47. The lowest BCUT2D eigenvalue weighted by Crippen LogP contribution is -2.35. The Balaban J connectivity index is 1.87. The van der Waals surface area contributed by atoms with E-state index in [-0.39, 0.29) is 18.6 Å². The molecule has 2 aromatic rings. The SMILES string of the molecule is CC[C@H](C)NC(=O)COc1ccc(-c2nnco2)cc1. The van der Waals surface area contributed by atoms with Crippen molar-refractivity contribution in [1.82, 2.24) is 15.5 Å². The lowest BCUT2D eigenvalue weighted by Gasteiger charge is -2.12. The highest BCUT2D eigenvalue weighted by Gasteiger charge is 2.07. The van der Waals surface area contributed by atoms with Gasteiger partial charge in [0.25, 0.3) is 5.91 Å². The van der Waals surface area contributed by atoms with Crippen LogP contribution in [-0.4, -0.2) is 28.8 Å². The molecule has 20 heavy (non-hydrogen) atoms. The largest absolute Gasteiger partial charge is 0.484 e. The molecule has 6 nitrogen and oxygen atoms in total. The van der Waals surface area contributed by atoms with E-state index in [1.165, 1.54) is 6.39 Å². The molecule has 1 aromatic heterocycles. The van der Waals surface area contributed by atoms with Gasteiger partial charge in [-0.1, -0.05) is 6.92 Å². The molecule has 1 amide bonds. The average molecular weight is 275 g/mol. The molecule has 0 saturated heterocycles. The first-order valence-electron chi connectivity index (χ1n) is 6.47. The Bertz CT molecular complexity index is 537. The van der Waals surface area contributed by atoms with Crippen LogP contribution in [0.1, 0.15) is 20.3 Å². The third-order valence-electron chi connectivity index (χ3n) is 2.85. The van der Waals surface area contributed by atoms with Crippen LogP contribution >= 0.6 is 0 Å². The summed E-state index contributed by atoms with van der Waals surface area (Å²) >= 11 is 0. The van der Waals surface area contributed by atoms with Crippen molar-refractivity contribution in [2.24, 2.45) is 0 Å². The average Bonchev–Trinajstić information content (AvgIpc) is 2.99. The fourth-order valence-corrected chi connectivity index (χ4v) is 1.56. The molecule has 0 aliphatic carbocycles. The van der Waals surface area contributed by atoms with Crippen molar-refractivity contribution in [3.05, 3.63) is 30.7 Å². The second kappa shape index (κ2) is 6.70. The summed E-state index contributed by atoms with van der Waals surface area (Å²) < 4.78 is 10.5. The Morgan fingerprint density at radius 3 is 2.75 bits per heavy atom. The maximum atomic E-state index is 11.6. The molecule has 2 rings (SSSR count). The minimum absolute atomic E-state index is 0.00421. The molecule has 1 heterocycles. The third-order valence-corrected chi connectivity index (χ3v) is 2.85. The third kappa shape index (κ3) is 3.81. The van der Waals surface area contributed by atoms with E-state index in [0.717, 1.165) is 12.0 Å². The molecular formula is C14H17N3O3. The molecule has 6 heteroatoms. The van der Waals surface area contributed by atoms with Gasteiger partial charge in [0.1, 0.15) is 5.75 Å². The Morgan fingerprint density at radius 1 is 1.40 bits per heavy atom. The van der Waals surface area contributed by atoms with Gasteiger partial charge in [-0.25, -0.2) is 0 Å². The van der Waals surface area contributed by atoms with Crippen molar-refractivity contribution in [3.8, 4) is 17.2 Å². The van der Waals surface area contributed by atoms with Gasteiger partial charge in [-0.15, -0.1) is 10.2 Å². The number of carbonyl (C=O) groups excluding carboxylic acids is 1. The number of rotatable bonds is 6. The molecule has 1 atom stereocenters.